The van der Waals surface area contributed by atoms with Crippen LogP contribution >= 0.6 is 0 Å². The van der Waals surface area contributed by atoms with E-state index in [9.17, 15) is 24.3 Å². The van der Waals surface area contributed by atoms with E-state index in [1.807, 2.05) is 48.5 Å². The summed E-state index contributed by atoms with van der Waals surface area (Å²) in [6.45, 7) is 3.66. The molecule has 0 unspecified atom stereocenters. The van der Waals surface area contributed by atoms with E-state index >= 15 is 0 Å². The molecule has 0 radical (unpaired) electrons. The normalized spacial score (nSPS) is 14.0. The number of ether oxygens (including phenoxy) is 3. The Labute approximate surface area is 214 Å². The van der Waals surface area contributed by atoms with E-state index in [4.69, 9.17) is 15.2 Å². The molecule has 0 bridgehead atoms. The van der Waals surface area contributed by atoms with Crippen molar-refractivity contribution in [2.24, 2.45) is 5.73 Å². The van der Waals surface area contributed by atoms with E-state index in [2.05, 4.69) is 15.4 Å². The number of hydrogen-bond donors (Lipinski definition) is 4. The van der Waals surface area contributed by atoms with Crippen molar-refractivity contribution in [1.82, 2.24) is 10.6 Å². The van der Waals surface area contributed by atoms with Crippen molar-refractivity contribution in [2.45, 2.75) is 44.4 Å². The number of hydrogen-bond acceptors (Lipinski definition) is 9. The highest BCUT2D eigenvalue weighted by atomic mass is 16.7. The summed E-state index contributed by atoms with van der Waals surface area (Å²) >= 11 is 0. The number of aliphatic hydroxyl groups excluding tert-OH is 1. The van der Waals surface area contributed by atoms with Gasteiger partial charge in [0.15, 0.2) is 6.04 Å². The lowest BCUT2D eigenvalue weighted by Gasteiger charge is -2.21. The number of nitrogens with two attached hydrogens (primary N) is 1. The van der Waals surface area contributed by atoms with E-state index in [0.717, 1.165) is 22.3 Å². The van der Waals surface area contributed by atoms with Gasteiger partial charge in [-0.2, -0.15) is 0 Å². The molecular formula is C26H31N3O8. The zero-order valence-electron chi connectivity index (χ0n) is 20.9. The van der Waals surface area contributed by atoms with Crippen molar-refractivity contribution in [2.75, 3.05) is 19.8 Å². The molecule has 11 nitrogen and oxygen atoms in total. The fourth-order valence-electron chi connectivity index (χ4n) is 3.82. The first-order chi connectivity index (χ1) is 17.5. The van der Waals surface area contributed by atoms with Crippen LogP contribution in [0, 0.1) is 0 Å². The van der Waals surface area contributed by atoms with E-state index in [-0.39, 0.29) is 19.1 Å². The second-order valence-corrected chi connectivity index (χ2v) is 9.44. The molecule has 2 amide bonds. The highest BCUT2D eigenvalue weighted by molar-refractivity contribution is 5.91. The van der Waals surface area contributed by atoms with Crippen LogP contribution in [0.5, 0.6) is 0 Å². The molecule has 0 spiro atoms. The predicted octanol–water partition coefficient (Wildman–Crippen LogP) is 1.81. The number of benzene rings is 2. The maximum absolute atomic E-state index is 12.3. The summed E-state index contributed by atoms with van der Waals surface area (Å²) in [5.41, 5.74) is 9.19. The van der Waals surface area contributed by atoms with Crippen molar-refractivity contribution in [1.29, 1.82) is 0 Å². The van der Waals surface area contributed by atoms with Crippen LogP contribution in [0.2, 0.25) is 0 Å². The Morgan fingerprint density at radius 3 is 2.11 bits per heavy atom. The second-order valence-electron chi connectivity index (χ2n) is 9.44. The Bertz CT molecular complexity index is 1120. The lowest BCUT2D eigenvalue weighted by molar-refractivity contribution is -0.147. The molecule has 1 aliphatic carbocycles. The van der Waals surface area contributed by atoms with Crippen molar-refractivity contribution in [3.8, 4) is 11.1 Å². The SMILES string of the molecule is CC(C)(C)OC(=O)OC(=O)[C@H](CO)NC(=O)[C@@H](N)CNC(=O)OCC1c2ccccc2-c2ccccc21. The molecule has 5 N–H and O–H groups in total. The molecule has 2 aromatic rings. The molecule has 0 saturated carbocycles. The lowest BCUT2D eigenvalue weighted by Crippen LogP contribution is -2.54. The number of esters is 1. The molecule has 0 heterocycles. The fourth-order valence-corrected chi connectivity index (χ4v) is 3.82. The smallest absolute Gasteiger partial charge is 0.449 e. The van der Waals surface area contributed by atoms with Gasteiger partial charge in [-0.1, -0.05) is 48.5 Å². The van der Waals surface area contributed by atoms with Crippen molar-refractivity contribution < 1.29 is 38.5 Å². The van der Waals surface area contributed by atoms with Gasteiger partial charge in [-0.15, -0.1) is 0 Å². The summed E-state index contributed by atoms with van der Waals surface area (Å²) < 4.78 is 14.7. The Hall–Kier alpha value is -3.96. The molecule has 2 aromatic carbocycles. The summed E-state index contributed by atoms with van der Waals surface area (Å²) in [6.07, 6.45) is -2.04. The Kier molecular flexibility index (Phi) is 8.85. The van der Waals surface area contributed by atoms with Gasteiger partial charge in [-0.25, -0.2) is 14.4 Å². The van der Waals surface area contributed by atoms with E-state index in [1.165, 1.54) is 0 Å². The number of nitrogens with one attached hydrogen (secondary N) is 2. The average molecular weight is 514 g/mol. The molecule has 2 atom stereocenters. The molecule has 0 aliphatic heterocycles. The number of amides is 2. The summed E-state index contributed by atoms with van der Waals surface area (Å²) in [7, 11) is 0. The van der Waals surface area contributed by atoms with Gasteiger partial charge in [-0.05, 0) is 43.0 Å². The maximum Gasteiger partial charge on any atom is 0.516 e. The summed E-state index contributed by atoms with van der Waals surface area (Å²) in [4.78, 5) is 48.3. The third-order valence-electron chi connectivity index (χ3n) is 5.50. The maximum atomic E-state index is 12.3. The van der Waals surface area contributed by atoms with E-state index in [0.29, 0.717) is 0 Å². The topological polar surface area (TPSA) is 166 Å². The number of rotatable bonds is 8. The van der Waals surface area contributed by atoms with Gasteiger partial charge in [0.25, 0.3) is 0 Å². The molecule has 1 aliphatic rings. The Balaban J connectivity index is 1.47. The molecule has 0 fully saturated rings. The average Bonchev–Trinajstić information content (AvgIpc) is 3.16. The zero-order valence-corrected chi connectivity index (χ0v) is 20.9. The van der Waals surface area contributed by atoms with Gasteiger partial charge in [0, 0.05) is 12.5 Å². The van der Waals surface area contributed by atoms with Crippen LogP contribution in [0.3, 0.4) is 0 Å². The number of fused-ring (bicyclic) bond motifs is 3. The Morgan fingerprint density at radius 1 is 1.00 bits per heavy atom. The molecule has 0 saturated heterocycles. The van der Waals surface area contributed by atoms with Crippen molar-refractivity contribution in [3.63, 3.8) is 0 Å². The highest BCUT2D eigenvalue weighted by Gasteiger charge is 2.30. The molecule has 3 rings (SSSR count). The van der Waals surface area contributed by atoms with Crippen LogP contribution < -0.4 is 16.4 Å². The summed E-state index contributed by atoms with van der Waals surface area (Å²) in [5, 5.41) is 14.0. The van der Waals surface area contributed by atoms with Crippen LogP contribution in [0.1, 0.15) is 37.8 Å². The number of carbonyl (C=O) groups excluding carboxylic acids is 4. The summed E-state index contributed by atoms with van der Waals surface area (Å²) in [6, 6.07) is 13.0. The van der Waals surface area contributed by atoms with Crippen LogP contribution in [0.25, 0.3) is 11.1 Å². The lowest BCUT2D eigenvalue weighted by atomic mass is 9.98. The monoisotopic (exact) mass is 513 g/mol. The zero-order chi connectivity index (χ0) is 27.2. The first-order valence-corrected chi connectivity index (χ1v) is 11.7. The molecular weight excluding hydrogens is 482 g/mol. The quantitative estimate of drug-likeness (QED) is 0.304. The third kappa shape index (κ3) is 7.28. The van der Waals surface area contributed by atoms with Crippen LogP contribution in [0.4, 0.5) is 9.59 Å². The third-order valence-corrected chi connectivity index (χ3v) is 5.50. The molecule has 0 aromatic heterocycles. The van der Waals surface area contributed by atoms with Crippen molar-refractivity contribution in [3.05, 3.63) is 59.7 Å². The highest BCUT2D eigenvalue weighted by Crippen LogP contribution is 2.44. The number of aliphatic hydroxyl groups is 1. The minimum Gasteiger partial charge on any atom is -0.449 e. The van der Waals surface area contributed by atoms with Gasteiger partial charge in [0.05, 0.1) is 6.61 Å². The second kappa shape index (κ2) is 11.8. The minimum atomic E-state index is -1.56. The predicted molar refractivity (Wildman–Crippen MR) is 132 cm³/mol. The van der Waals surface area contributed by atoms with Crippen molar-refractivity contribution >= 4 is 24.1 Å². The van der Waals surface area contributed by atoms with E-state index in [1.54, 1.807) is 20.8 Å². The fraction of sp³-hybridized carbons (Fsp3) is 0.385. The molecule has 11 heteroatoms. The van der Waals surface area contributed by atoms with Gasteiger partial charge in [0.2, 0.25) is 5.91 Å². The number of alkyl carbamates (subject to hydrolysis) is 1. The van der Waals surface area contributed by atoms with Crippen LogP contribution in [-0.2, 0) is 23.8 Å². The summed E-state index contributed by atoms with van der Waals surface area (Å²) in [5.74, 6) is -2.21. The van der Waals surface area contributed by atoms with Gasteiger partial charge >= 0.3 is 18.2 Å². The van der Waals surface area contributed by atoms with Crippen LogP contribution in [0.15, 0.2) is 48.5 Å². The van der Waals surface area contributed by atoms with Gasteiger partial charge in [-0.3, -0.25) is 4.79 Å². The first-order valence-electron chi connectivity index (χ1n) is 11.7. The van der Waals surface area contributed by atoms with Crippen LogP contribution in [-0.4, -0.2) is 66.7 Å². The van der Waals surface area contributed by atoms with E-state index < -0.39 is 48.4 Å². The largest absolute Gasteiger partial charge is 0.516 e. The molecule has 198 valence electrons. The van der Waals surface area contributed by atoms with Gasteiger partial charge in [0.1, 0.15) is 18.2 Å². The minimum absolute atomic E-state index is 0.0877. The molecule has 37 heavy (non-hydrogen) atoms. The first kappa shape index (κ1) is 27.6. The number of carbonyl (C=O) groups is 4. The standard InChI is InChI=1S/C26H31N3O8/c1-26(2,3)37-25(34)36-23(32)21(13-30)29-22(31)20(27)12-28-24(33)35-14-19-17-10-6-4-8-15(17)16-9-5-7-11-18(16)19/h4-11,19-21,30H,12-14,27H2,1-3H3,(H,28,33)(H,29,31)/t20-,21-/m0/s1. The van der Waals surface area contributed by atoms with Gasteiger partial charge < -0.3 is 35.7 Å². The Morgan fingerprint density at radius 2 is 1.57 bits per heavy atom.